The van der Waals surface area contributed by atoms with E-state index >= 15 is 0 Å². The van der Waals surface area contributed by atoms with Crippen molar-refractivity contribution in [3.8, 4) is 17.1 Å². The maximum absolute atomic E-state index is 12.2. The summed E-state index contributed by atoms with van der Waals surface area (Å²) in [6.45, 7) is 2.02. The highest BCUT2D eigenvalue weighted by Crippen LogP contribution is 2.27. The Kier molecular flexibility index (Phi) is 6.16. The molecule has 0 fully saturated rings. The van der Waals surface area contributed by atoms with Crippen molar-refractivity contribution in [1.82, 2.24) is 10.1 Å². The van der Waals surface area contributed by atoms with Crippen LogP contribution in [-0.4, -0.2) is 31.1 Å². The van der Waals surface area contributed by atoms with Crippen molar-refractivity contribution >= 4 is 27.6 Å². The Morgan fingerprint density at radius 1 is 1.24 bits per heavy atom. The number of primary sulfonamides is 1. The third-order valence-corrected chi connectivity index (χ3v) is 5.09. The molecule has 2 aromatic carbocycles. The van der Waals surface area contributed by atoms with E-state index in [2.05, 4.69) is 10.1 Å². The lowest BCUT2D eigenvalue weighted by Gasteiger charge is -2.06. The molecule has 0 amide bonds. The minimum Gasteiger partial charge on any atom is -0.493 e. The van der Waals surface area contributed by atoms with Crippen LogP contribution in [0.3, 0.4) is 0 Å². The molecule has 0 unspecified atom stereocenters. The van der Waals surface area contributed by atoms with Crippen LogP contribution >= 0.6 is 11.6 Å². The standard InChI is InChI=1S/C18H16ClN3O6S/c1-2-26-14-6-4-3-5-12(14)17-21-16(28-22-17)10-27-18(23)11-7-8-13(19)15(9-11)29(20,24)25/h3-9H,2,10H2,1H3,(H2,20,24,25). The molecule has 3 rings (SSSR count). The molecule has 152 valence electrons. The Hall–Kier alpha value is -2.95. The van der Waals surface area contributed by atoms with Crippen LogP contribution in [0.4, 0.5) is 0 Å². The van der Waals surface area contributed by atoms with E-state index in [0.29, 0.717) is 17.9 Å². The van der Waals surface area contributed by atoms with Crippen molar-refractivity contribution < 1.29 is 27.2 Å². The third kappa shape index (κ3) is 4.91. The van der Waals surface area contributed by atoms with Crippen LogP contribution in [0.15, 0.2) is 51.9 Å². The Balaban J connectivity index is 1.73. The summed E-state index contributed by atoms with van der Waals surface area (Å²) in [5.41, 5.74) is 0.589. The Morgan fingerprint density at radius 2 is 2.00 bits per heavy atom. The van der Waals surface area contributed by atoms with E-state index in [1.165, 1.54) is 12.1 Å². The van der Waals surface area contributed by atoms with Gasteiger partial charge in [-0.1, -0.05) is 28.9 Å². The number of carbonyl (C=O) groups is 1. The van der Waals surface area contributed by atoms with Gasteiger partial charge in [0.25, 0.3) is 5.89 Å². The number of halogens is 1. The fourth-order valence-corrected chi connectivity index (χ4v) is 3.49. The SMILES string of the molecule is CCOc1ccccc1-c1noc(COC(=O)c2ccc(Cl)c(S(N)(=O)=O)c2)n1. The quantitative estimate of drug-likeness (QED) is 0.557. The van der Waals surface area contributed by atoms with Gasteiger partial charge < -0.3 is 14.0 Å². The zero-order chi connectivity index (χ0) is 21.0. The van der Waals surface area contributed by atoms with Gasteiger partial charge in [0.2, 0.25) is 15.8 Å². The summed E-state index contributed by atoms with van der Waals surface area (Å²) in [7, 11) is -4.09. The summed E-state index contributed by atoms with van der Waals surface area (Å²) >= 11 is 5.80. The van der Waals surface area contributed by atoms with E-state index in [1.807, 2.05) is 13.0 Å². The molecular weight excluding hydrogens is 422 g/mol. The first kappa shape index (κ1) is 20.8. The summed E-state index contributed by atoms with van der Waals surface area (Å²) in [6.07, 6.45) is 0. The number of para-hydroxylation sites is 1. The monoisotopic (exact) mass is 437 g/mol. The number of nitrogens with zero attached hydrogens (tertiary/aromatic N) is 2. The molecule has 0 aliphatic rings. The number of ether oxygens (including phenoxy) is 2. The lowest BCUT2D eigenvalue weighted by molar-refractivity contribution is 0.0429. The molecule has 0 spiro atoms. The van der Waals surface area contributed by atoms with Crippen molar-refractivity contribution in [2.24, 2.45) is 5.14 Å². The average Bonchev–Trinajstić information content (AvgIpc) is 3.15. The zero-order valence-electron chi connectivity index (χ0n) is 15.2. The van der Waals surface area contributed by atoms with Crippen molar-refractivity contribution in [3.63, 3.8) is 0 Å². The molecule has 9 nitrogen and oxygen atoms in total. The fourth-order valence-electron chi connectivity index (χ4n) is 2.41. The zero-order valence-corrected chi connectivity index (χ0v) is 16.7. The summed E-state index contributed by atoms with van der Waals surface area (Å²) in [5.74, 6) is 0.125. The molecule has 11 heteroatoms. The molecule has 2 N–H and O–H groups in total. The minimum absolute atomic E-state index is 0.0418. The van der Waals surface area contributed by atoms with Gasteiger partial charge in [-0.25, -0.2) is 18.4 Å². The summed E-state index contributed by atoms with van der Waals surface area (Å²) in [5, 5.41) is 8.84. The van der Waals surface area contributed by atoms with E-state index in [4.69, 9.17) is 30.7 Å². The van der Waals surface area contributed by atoms with Crippen LogP contribution in [0.2, 0.25) is 5.02 Å². The first-order valence-electron chi connectivity index (χ1n) is 8.34. The molecule has 0 atom stereocenters. The molecular formula is C18H16ClN3O6S. The number of aromatic nitrogens is 2. The predicted molar refractivity (Wildman–Crippen MR) is 103 cm³/mol. The number of nitrogens with two attached hydrogens (primary N) is 1. The number of esters is 1. The molecule has 29 heavy (non-hydrogen) atoms. The van der Waals surface area contributed by atoms with Gasteiger partial charge in [0.1, 0.15) is 10.6 Å². The molecule has 0 aliphatic carbocycles. The third-order valence-electron chi connectivity index (χ3n) is 3.70. The molecule has 1 aromatic heterocycles. The summed E-state index contributed by atoms with van der Waals surface area (Å²) < 4.78 is 38.8. The van der Waals surface area contributed by atoms with Crippen molar-refractivity contribution in [2.75, 3.05) is 6.61 Å². The molecule has 3 aromatic rings. The van der Waals surface area contributed by atoms with E-state index in [1.54, 1.807) is 18.2 Å². The fraction of sp³-hybridized carbons (Fsp3) is 0.167. The van der Waals surface area contributed by atoms with Gasteiger partial charge in [-0.2, -0.15) is 4.98 Å². The molecule has 0 saturated carbocycles. The van der Waals surface area contributed by atoms with Crippen LogP contribution in [0.5, 0.6) is 5.75 Å². The predicted octanol–water partition coefficient (Wildman–Crippen LogP) is 2.79. The van der Waals surface area contributed by atoms with Gasteiger partial charge in [0, 0.05) is 0 Å². The number of rotatable bonds is 7. The first-order valence-corrected chi connectivity index (χ1v) is 10.3. The van der Waals surface area contributed by atoms with Gasteiger partial charge in [-0.05, 0) is 37.3 Å². The van der Waals surface area contributed by atoms with Gasteiger partial charge in [0.15, 0.2) is 6.61 Å². The minimum atomic E-state index is -4.09. The molecule has 0 bridgehead atoms. The number of benzene rings is 2. The van der Waals surface area contributed by atoms with Crippen molar-refractivity contribution in [3.05, 3.63) is 58.9 Å². The Labute approximate surface area is 171 Å². The largest absolute Gasteiger partial charge is 0.493 e. The Bertz CT molecular complexity index is 1150. The second-order valence-electron chi connectivity index (χ2n) is 5.71. The van der Waals surface area contributed by atoms with Gasteiger partial charge in [-0.3, -0.25) is 0 Å². The normalized spacial score (nSPS) is 11.3. The maximum atomic E-state index is 12.2. The number of hydrogen-bond acceptors (Lipinski definition) is 8. The molecule has 0 radical (unpaired) electrons. The lowest BCUT2D eigenvalue weighted by Crippen LogP contribution is -2.14. The number of carbonyl (C=O) groups excluding carboxylic acids is 1. The topological polar surface area (TPSA) is 135 Å². The van der Waals surface area contributed by atoms with E-state index in [0.717, 1.165) is 6.07 Å². The van der Waals surface area contributed by atoms with Gasteiger partial charge >= 0.3 is 5.97 Å². The van der Waals surface area contributed by atoms with Crippen LogP contribution in [0.25, 0.3) is 11.4 Å². The second-order valence-corrected chi connectivity index (χ2v) is 7.64. The number of hydrogen-bond donors (Lipinski definition) is 1. The van der Waals surface area contributed by atoms with Crippen LogP contribution < -0.4 is 9.88 Å². The van der Waals surface area contributed by atoms with Crippen LogP contribution in [-0.2, 0) is 21.4 Å². The maximum Gasteiger partial charge on any atom is 0.338 e. The highest BCUT2D eigenvalue weighted by atomic mass is 35.5. The van der Waals surface area contributed by atoms with Crippen molar-refractivity contribution in [2.45, 2.75) is 18.4 Å². The number of sulfonamides is 1. The Morgan fingerprint density at radius 3 is 2.72 bits per heavy atom. The van der Waals surface area contributed by atoms with Gasteiger partial charge in [-0.15, -0.1) is 0 Å². The molecule has 1 heterocycles. The van der Waals surface area contributed by atoms with Crippen molar-refractivity contribution in [1.29, 1.82) is 0 Å². The van der Waals surface area contributed by atoms with Gasteiger partial charge in [0.05, 0.1) is 22.8 Å². The summed E-state index contributed by atoms with van der Waals surface area (Å²) in [6, 6.07) is 10.8. The first-order chi connectivity index (χ1) is 13.8. The average molecular weight is 438 g/mol. The highest BCUT2D eigenvalue weighted by Gasteiger charge is 2.19. The molecule has 0 saturated heterocycles. The van der Waals surface area contributed by atoms with Crippen LogP contribution in [0.1, 0.15) is 23.2 Å². The smallest absolute Gasteiger partial charge is 0.338 e. The van der Waals surface area contributed by atoms with E-state index in [-0.39, 0.29) is 33.8 Å². The lowest BCUT2D eigenvalue weighted by atomic mass is 10.2. The summed E-state index contributed by atoms with van der Waals surface area (Å²) in [4.78, 5) is 16.0. The van der Waals surface area contributed by atoms with E-state index < -0.39 is 16.0 Å². The van der Waals surface area contributed by atoms with Crippen LogP contribution in [0, 0.1) is 0 Å². The highest BCUT2D eigenvalue weighted by molar-refractivity contribution is 7.89. The second kappa shape index (κ2) is 8.60. The molecule has 0 aliphatic heterocycles. The van der Waals surface area contributed by atoms with E-state index in [9.17, 15) is 13.2 Å².